The van der Waals surface area contributed by atoms with Gasteiger partial charge in [0, 0.05) is 0 Å². The summed E-state index contributed by atoms with van der Waals surface area (Å²) in [6, 6.07) is 6.46. The average Bonchev–Trinajstić information content (AvgIpc) is 2.48. The quantitative estimate of drug-likeness (QED) is 0.829. The normalized spacial score (nSPS) is 13.0. The van der Waals surface area contributed by atoms with Crippen LogP contribution in [0.5, 0.6) is 0 Å². The van der Waals surface area contributed by atoms with Crippen molar-refractivity contribution >= 4 is 17.0 Å². The van der Waals surface area contributed by atoms with Crippen LogP contribution in [0, 0.1) is 5.92 Å². The predicted octanol–water partition coefficient (Wildman–Crippen LogP) is 2.72. The fourth-order valence-corrected chi connectivity index (χ4v) is 2.56. The summed E-state index contributed by atoms with van der Waals surface area (Å²) in [6.07, 6.45) is 0.00173. The molecule has 0 fully saturated rings. The summed E-state index contributed by atoms with van der Waals surface area (Å²) in [5.41, 5.74) is -0.421. The van der Waals surface area contributed by atoms with Crippen LogP contribution < -0.4 is 16.7 Å². The first kappa shape index (κ1) is 18.8. The van der Waals surface area contributed by atoms with Crippen molar-refractivity contribution in [3.05, 3.63) is 40.4 Å². The zero-order chi connectivity index (χ0) is 18.8. The van der Waals surface area contributed by atoms with E-state index in [4.69, 9.17) is 10.6 Å². The van der Waals surface area contributed by atoms with E-state index in [2.05, 4.69) is 10.3 Å². The molecule has 1 atom stereocenters. The Labute approximate surface area is 147 Å². The Morgan fingerprint density at radius 3 is 2.56 bits per heavy atom. The third kappa shape index (κ3) is 4.71. The zero-order valence-corrected chi connectivity index (χ0v) is 15.4. The number of nitrogens with zero attached hydrogens (tertiary/aromatic N) is 2. The second-order valence-corrected chi connectivity index (χ2v) is 7.49. The predicted molar refractivity (Wildman–Crippen MR) is 97.7 cm³/mol. The minimum Gasteiger partial charge on any atom is -0.444 e. The van der Waals surface area contributed by atoms with Gasteiger partial charge in [0.05, 0.1) is 16.9 Å². The first-order valence-corrected chi connectivity index (χ1v) is 8.35. The summed E-state index contributed by atoms with van der Waals surface area (Å²) in [5.74, 6) is 6.54. The monoisotopic (exact) mass is 346 g/mol. The molecular formula is C18H26N4O3. The highest BCUT2D eigenvalue weighted by Gasteiger charge is 2.25. The molecule has 0 bridgehead atoms. The molecule has 0 unspecified atom stereocenters. The molecule has 0 aliphatic rings. The van der Waals surface area contributed by atoms with Crippen LogP contribution >= 0.6 is 0 Å². The van der Waals surface area contributed by atoms with E-state index in [0.29, 0.717) is 23.1 Å². The molecule has 1 aromatic heterocycles. The number of alkyl carbamates (subject to hydrolysis) is 1. The van der Waals surface area contributed by atoms with Crippen LogP contribution in [0.15, 0.2) is 29.1 Å². The largest absolute Gasteiger partial charge is 0.444 e. The minimum atomic E-state index is -0.619. The Morgan fingerprint density at radius 1 is 1.32 bits per heavy atom. The number of nitrogen functional groups attached to an aromatic ring is 1. The van der Waals surface area contributed by atoms with Crippen molar-refractivity contribution < 1.29 is 9.53 Å². The molecule has 1 amide bonds. The van der Waals surface area contributed by atoms with Gasteiger partial charge in [-0.15, -0.1) is 0 Å². The highest BCUT2D eigenvalue weighted by atomic mass is 16.6. The molecule has 136 valence electrons. The Kier molecular flexibility index (Phi) is 5.35. The number of para-hydroxylation sites is 1. The van der Waals surface area contributed by atoms with Gasteiger partial charge in [-0.3, -0.25) is 4.79 Å². The van der Waals surface area contributed by atoms with Crippen LogP contribution in [-0.2, 0) is 4.74 Å². The molecule has 1 heterocycles. The maximum Gasteiger partial charge on any atom is 0.408 e. The van der Waals surface area contributed by atoms with E-state index < -0.39 is 17.7 Å². The van der Waals surface area contributed by atoms with E-state index in [9.17, 15) is 9.59 Å². The third-order valence-corrected chi connectivity index (χ3v) is 3.54. The van der Waals surface area contributed by atoms with Gasteiger partial charge >= 0.3 is 6.09 Å². The van der Waals surface area contributed by atoms with E-state index in [1.54, 1.807) is 45.0 Å². The molecule has 0 saturated carbocycles. The summed E-state index contributed by atoms with van der Waals surface area (Å²) in [6.45, 7) is 9.40. The lowest BCUT2D eigenvalue weighted by Gasteiger charge is -2.25. The number of carbonyl (C=O) groups is 1. The molecule has 2 rings (SSSR count). The van der Waals surface area contributed by atoms with E-state index in [1.165, 1.54) is 0 Å². The van der Waals surface area contributed by atoms with Gasteiger partial charge in [-0.1, -0.05) is 26.0 Å². The molecule has 0 aliphatic carbocycles. The van der Waals surface area contributed by atoms with Gasteiger partial charge in [0.25, 0.3) is 5.56 Å². The lowest BCUT2D eigenvalue weighted by Crippen LogP contribution is -2.40. The van der Waals surface area contributed by atoms with Crippen molar-refractivity contribution in [2.24, 2.45) is 5.92 Å². The average molecular weight is 346 g/mol. The molecule has 0 radical (unpaired) electrons. The van der Waals surface area contributed by atoms with E-state index in [-0.39, 0.29) is 11.5 Å². The molecular weight excluding hydrogens is 320 g/mol. The smallest absolute Gasteiger partial charge is 0.408 e. The number of fused-ring (bicyclic) bond motifs is 1. The number of hydrogen-bond donors (Lipinski definition) is 2. The maximum absolute atomic E-state index is 12.5. The van der Waals surface area contributed by atoms with Gasteiger partial charge in [0.15, 0.2) is 5.82 Å². The molecule has 7 nitrogen and oxygen atoms in total. The molecule has 0 spiro atoms. The minimum absolute atomic E-state index is 0.253. The van der Waals surface area contributed by atoms with Crippen LogP contribution in [0.2, 0.25) is 0 Å². The number of aromatic nitrogens is 2. The number of nitrogens with one attached hydrogen (secondary N) is 1. The van der Waals surface area contributed by atoms with Crippen LogP contribution in [0.3, 0.4) is 0 Å². The van der Waals surface area contributed by atoms with E-state index >= 15 is 0 Å². The molecule has 3 N–H and O–H groups in total. The van der Waals surface area contributed by atoms with Crippen molar-refractivity contribution in [1.29, 1.82) is 0 Å². The SMILES string of the molecule is CC(C)C[C@H](NC(=O)OC(C)(C)C)c1nc2ccccc2c(=O)n1N. The van der Waals surface area contributed by atoms with Crippen molar-refractivity contribution in [2.45, 2.75) is 52.7 Å². The maximum atomic E-state index is 12.5. The summed E-state index contributed by atoms with van der Waals surface area (Å²) < 4.78 is 6.33. The van der Waals surface area contributed by atoms with Crippen LogP contribution in [-0.4, -0.2) is 21.4 Å². The number of ether oxygens (including phenoxy) is 1. The number of benzene rings is 1. The molecule has 0 saturated heterocycles. The Morgan fingerprint density at radius 2 is 1.96 bits per heavy atom. The van der Waals surface area contributed by atoms with Gasteiger partial charge in [0.1, 0.15) is 5.60 Å². The summed E-state index contributed by atoms with van der Waals surface area (Å²) in [7, 11) is 0. The first-order valence-electron chi connectivity index (χ1n) is 8.35. The second kappa shape index (κ2) is 7.13. The molecule has 2 aromatic rings. The number of rotatable bonds is 4. The highest BCUT2D eigenvalue weighted by Crippen LogP contribution is 2.21. The lowest BCUT2D eigenvalue weighted by molar-refractivity contribution is 0.0494. The van der Waals surface area contributed by atoms with E-state index in [0.717, 1.165) is 4.68 Å². The highest BCUT2D eigenvalue weighted by molar-refractivity contribution is 5.77. The number of nitrogens with two attached hydrogens (primary N) is 1. The van der Waals surface area contributed by atoms with Gasteiger partial charge < -0.3 is 15.9 Å². The summed E-state index contributed by atoms with van der Waals surface area (Å²) in [4.78, 5) is 29.2. The fraction of sp³-hybridized carbons (Fsp3) is 0.500. The van der Waals surface area contributed by atoms with Crippen LogP contribution in [0.4, 0.5) is 4.79 Å². The molecule has 7 heteroatoms. The molecule has 0 aliphatic heterocycles. The Hall–Kier alpha value is -2.57. The summed E-state index contributed by atoms with van der Waals surface area (Å²) in [5, 5.41) is 3.23. The van der Waals surface area contributed by atoms with Crippen molar-refractivity contribution in [3.63, 3.8) is 0 Å². The van der Waals surface area contributed by atoms with Crippen LogP contribution in [0.1, 0.15) is 52.9 Å². The first-order chi connectivity index (χ1) is 11.6. The van der Waals surface area contributed by atoms with Crippen molar-refractivity contribution in [1.82, 2.24) is 15.0 Å². The number of amides is 1. The van der Waals surface area contributed by atoms with Gasteiger partial charge in [-0.25, -0.2) is 14.5 Å². The zero-order valence-electron chi connectivity index (χ0n) is 15.4. The van der Waals surface area contributed by atoms with E-state index in [1.807, 2.05) is 13.8 Å². The van der Waals surface area contributed by atoms with Crippen molar-refractivity contribution in [3.8, 4) is 0 Å². The standard InChI is InChI=1S/C18H26N4O3/c1-11(2)10-14(21-17(24)25-18(3,4)5)15-20-13-9-7-6-8-12(13)16(23)22(15)19/h6-9,11,14H,10,19H2,1-5H3,(H,21,24)/t14-/m0/s1. The topological polar surface area (TPSA) is 99.2 Å². The van der Waals surface area contributed by atoms with Gasteiger partial charge in [0.2, 0.25) is 0 Å². The Balaban J connectivity index is 2.44. The molecule has 1 aromatic carbocycles. The van der Waals surface area contributed by atoms with Crippen molar-refractivity contribution in [2.75, 3.05) is 5.84 Å². The fourth-order valence-electron chi connectivity index (χ4n) is 2.56. The number of carbonyl (C=O) groups excluding carboxylic acids is 1. The lowest BCUT2D eigenvalue weighted by atomic mass is 10.0. The van der Waals surface area contributed by atoms with Gasteiger partial charge in [-0.2, -0.15) is 0 Å². The van der Waals surface area contributed by atoms with Gasteiger partial charge in [-0.05, 0) is 45.2 Å². The molecule has 25 heavy (non-hydrogen) atoms. The second-order valence-electron chi connectivity index (χ2n) is 7.49. The van der Waals surface area contributed by atoms with Crippen LogP contribution in [0.25, 0.3) is 10.9 Å². The summed E-state index contributed by atoms with van der Waals surface area (Å²) >= 11 is 0. The Bertz CT molecular complexity index is 821. The number of hydrogen-bond acceptors (Lipinski definition) is 5. The third-order valence-electron chi connectivity index (χ3n) is 3.54.